The molecule has 25 heavy (non-hydrogen) atoms. The minimum Gasteiger partial charge on any atom is -0.394 e. The Morgan fingerprint density at radius 1 is 0.920 bits per heavy atom. The second kappa shape index (κ2) is 14.9. The van der Waals surface area contributed by atoms with Crippen molar-refractivity contribution in [2.75, 3.05) is 19.8 Å². The fourth-order valence-corrected chi connectivity index (χ4v) is 3.42. The average Bonchev–Trinajstić information content (AvgIpc) is 2.99. The number of rotatable bonds is 16. The highest BCUT2D eigenvalue weighted by Crippen LogP contribution is 2.21. The summed E-state index contributed by atoms with van der Waals surface area (Å²) in [6.45, 7) is 2.60. The highest BCUT2D eigenvalue weighted by atomic mass is 16.6. The van der Waals surface area contributed by atoms with Crippen LogP contribution in [0.4, 0.5) is 0 Å². The SMILES string of the molecule is CCCCCCCCCCCCCCO[C@H]1[C@@H]([C@H](O)CO)OC[C@@H]1O. The van der Waals surface area contributed by atoms with Crippen LogP contribution in [0.3, 0.4) is 0 Å². The summed E-state index contributed by atoms with van der Waals surface area (Å²) in [6.07, 6.45) is 12.7. The normalized spacial score (nSPS) is 24.7. The van der Waals surface area contributed by atoms with Gasteiger partial charge in [-0.1, -0.05) is 77.6 Å². The van der Waals surface area contributed by atoms with Gasteiger partial charge in [0.05, 0.1) is 13.2 Å². The molecule has 1 heterocycles. The maximum absolute atomic E-state index is 9.85. The fourth-order valence-electron chi connectivity index (χ4n) is 3.42. The van der Waals surface area contributed by atoms with Crippen molar-refractivity contribution >= 4 is 0 Å². The summed E-state index contributed by atoms with van der Waals surface area (Å²) in [7, 11) is 0. The summed E-state index contributed by atoms with van der Waals surface area (Å²) in [6, 6.07) is 0. The molecule has 1 aliphatic heterocycles. The lowest BCUT2D eigenvalue weighted by Crippen LogP contribution is -2.42. The van der Waals surface area contributed by atoms with E-state index in [1.165, 1.54) is 64.2 Å². The van der Waals surface area contributed by atoms with Gasteiger partial charge in [0.15, 0.2) is 0 Å². The van der Waals surface area contributed by atoms with E-state index in [9.17, 15) is 10.2 Å². The zero-order valence-corrected chi connectivity index (χ0v) is 16.1. The molecule has 1 rings (SSSR count). The van der Waals surface area contributed by atoms with E-state index >= 15 is 0 Å². The standard InChI is InChI=1S/C20H40O5/c1-2-3-4-5-6-7-8-9-10-11-12-13-14-24-20-18(23)16-25-19(20)17(22)15-21/h17-23H,2-16H2,1H3/t17-,18+,19-,20-/m1/s1. The first kappa shape index (κ1) is 22.8. The number of hydrogen-bond donors (Lipinski definition) is 3. The van der Waals surface area contributed by atoms with Crippen LogP contribution in [0.25, 0.3) is 0 Å². The minimum absolute atomic E-state index is 0.158. The second-order valence-electron chi connectivity index (χ2n) is 7.34. The number of unbranched alkanes of at least 4 members (excludes halogenated alkanes) is 11. The number of aliphatic hydroxyl groups excluding tert-OH is 3. The molecule has 0 aromatic carbocycles. The summed E-state index contributed by atoms with van der Waals surface area (Å²) < 4.78 is 11.0. The third-order valence-corrected chi connectivity index (χ3v) is 5.04. The maximum atomic E-state index is 9.85. The van der Waals surface area contributed by atoms with Crippen molar-refractivity contribution < 1.29 is 24.8 Å². The molecular formula is C20H40O5. The van der Waals surface area contributed by atoms with Crippen molar-refractivity contribution in [2.45, 2.75) is 108 Å². The first-order chi connectivity index (χ1) is 12.2. The zero-order valence-electron chi connectivity index (χ0n) is 16.1. The molecule has 0 unspecified atom stereocenters. The van der Waals surface area contributed by atoms with Crippen molar-refractivity contribution in [1.29, 1.82) is 0 Å². The Hall–Kier alpha value is -0.200. The largest absolute Gasteiger partial charge is 0.394 e. The molecule has 5 heteroatoms. The smallest absolute Gasteiger partial charge is 0.114 e. The number of ether oxygens (including phenoxy) is 2. The summed E-state index contributed by atoms with van der Waals surface area (Å²) in [5.74, 6) is 0. The van der Waals surface area contributed by atoms with Crippen LogP contribution in [0.2, 0.25) is 0 Å². The summed E-state index contributed by atoms with van der Waals surface area (Å²) >= 11 is 0. The van der Waals surface area contributed by atoms with Gasteiger partial charge < -0.3 is 24.8 Å². The predicted molar refractivity (Wildman–Crippen MR) is 99.7 cm³/mol. The Labute approximate surface area is 153 Å². The van der Waals surface area contributed by atoms with Crippen LogP contribution in [0, 0.1) is 0 Å². The molecule has 0 amide bonds. The molecule has 150 valence electrons. The molecule has 3 N–H and O–H groups in total. The summed E-state index contributed by atoms with van der Waals surface area (Å²) in [5.41, 5.74) is 0. The highest BCUT2D eigenvalue weighted by Gasteiger charge is 2.40. The third kappa shape index (κ3) is 9.90. The van der Waals surface area contributed by atoms with Crippen LogP contribution >= 0.6 is 0 Å². The van der Waals surface area contributed by atoms with E-state index in [0.29, 0.717) is 6.61 Å². The van der Waals surface area contributed by atoms with Gasteiger partial charge in [0.2, 0.25) is 0 Å². The maximum Gasteiger partial charge on any atom is 0.114 e. The van der Waals surface area contributed by atoms with Crippen molar-refractivity contribution in [3.63, 3.8) is 0 Å². The Bertz CT molecular complexity index is 300. The zero-order chi connectivity index (χ0) is 18.3. The van der Waals surface area contributed by atoms with E-state index in [1.54, 1.807) is 0 Å². The van der Waals surface area contributed by atoms with Crippen LogP contribution in [-0.4, -0.2) is 59.6 Å². The van der Waals surface area contributed by atoms with E-state index in [2.05, 4.69) is 6.92 Å². The number of aliphatic hydroxyl groups is 3. The molecular weight excluding hydrogens is 320 g/mol. The van der Waals surface area contributed by atoms with Crippen LogP contribution in [0.1, 0.15) is 84.0 Å². The summed E-state index contributed by atoms with van der Waals surface area (Å²) in [4.78, 5) is 0. The van der Waals surface area contributed by atoms with Gasteiger partial charge in [0, 0.05) is 6.61 Å². The Kier molecular flexibility index (Phi) is 13.6. The van der Waals surface area contributed by atoms with Gasteiger partial charge in [-0.05, 0) is 6.42 Å². The van der Waals surface area contributed by atoms with Crippen molar-refractivity contribution in [2.24, 2.45) is 0 Å². The molecule has 0 aliphatic carbocycles. The van der Waals surface area contributed by atoms with Crippen LogP contribution in [-0.2, 0) is 9.47 Å². The lowest BCUT2D eigenvalue weighted by atomic mass is 10.1. The van der Waals surface area contributed by atoms with Crippen LogP contribution < -0.4 is 0 Å². The third-order valence-electron chi connectivity index (χ3n) is 5.04. The Balaban J connectivity index is 1.91. The van der Waals surface area contributed by atoms with Gasteiger partial charge in [0.25, 0.3) is 0 Å². The molecule has 1 fully saturated rings. The van der Waals surface area contributed by atoms with Gasteiger partial charge in [-0.2, -0.15) is 0 Å². The van der Waals surface area contributed by atoms with Gasteiger partial charge in [-0.3, -0.25) is 0 Å². The van der Waals surface area contributed by atoms with E-state index in [-0.39, 0.29) is 13.2 Å². The van der Waals surface area contributed by atoms with E-state index < -0.39 is 24.4 Å². The Morgan fingerprint density at radius 3 is 1.96 bits per heavy atom. The average molecular weight is 361 g/mol. The van der Waals surface area contributed by atoms with Gasteiger partial charge in [-0.15, -0.1) is 0 Å². The van der Waals surface area contributed by atoms with E-state index in [4.69, 9.17) is 14.6 Å². The van der Waals surface area contributed by atoms with Crippen molar-refractivity contribution in [3.05, 3.63) is 0 Å². The monoisotopic (exact) mass is 360 g/mol. The van der Waals surface area contributed by atoms with Crippen molar-refractivity contribution in [3.8, 4) is 0 Å². The first-order valence-corrected chi connectivity index (χ1v) is 10.4. The molecule has 0 spiro atoms. The molecule has 1 saturated heterocycles. The topological polar surface area (TPSA) is 79.2 Å². The predicted octanol–water partition coefficient (Wildman–Crippen LogP) is 3.19. The minimum atomic E-state index is -0.996. The molecule has 5 nitrogen and oxygen atoms in total. The molecule has 0 bridgehead atoms. The molecule has 4 atom stereocenters. The van der Waals surface area contributed by atoms with E-state index in [1.807, 2.05) is 0 Å². The van der Waals surface area contributed by atoms with Crippen LogP contribution in [0.5, 0.6) is 0 Å². The molecule has 0 saturated carbocycles. The highest BCUT2D eigenvalue weighted by molar-refractivity contribution is 4.89. The fraction of sp³-hybridized carbons (Fsp3) is 1.00. The molecule has 0 radical (unpaired) electrons. The lowest BCUT2D eigenvalue weighted by molar-refractivity contribution is -0.0938. The first-order valence-electron chi connectivity index (χ1n) is 10.4. The summed E-state index contributed by atoms with van der Waals surface area (Å²) in [5, 5.41) is 28.6. The van der Waals surface area contributed by atoms with Gasteiger partial charge in [0.1, 0.15) is 24.4 Å². The lowest BCUT2D eigenvalue weighted by Gasteiger charge is -2.23. The molecule has 1 aliphatic rings. The van der Waals surface area contributed by atoms with Crippen molar-refractivity contribution in [1.82, 2.24) is 0 Å². The van der Waals surface area contributed by atoms with Gasteiger partial charge >= 0.3 is 0 Å². The quantitative estimate of drug-likeness (QED) is 0.368. The second-order valence-corrected chi connectivity index (χ2v) is 7.34. The Morgan fingerprint density at radius 2 is 1.44 bits per heavy atom. The van der Waals surface area contributed by atoms with Gasteiger partial charge in [-0.25, -0.2) is 0 Å². The number of hydrogen-bond acceptors (Lipinski definition) is 5. The van der Waals surface area contributed by atoms with E-state index in [0.717, 1.165) is 12.8 Å². The van der Waals surface area contributed by atoms with Crippen LogP contribution in [0.15, 0.2) is 0 Å². The molecule has 0 aromatic rings. The molecule has 0 aromatic heterocycles.